The Labute approximate surface area is 195 Å². The highest BCUT2D eigenvalue weighted by atomic mass is 79.9. The van der Waals surface area contributed by atoms with Gasteiger partial charge >= 0.3 is 0 Å². The van der Waals surface area contributed by atoms with Gasteiger partial charge in [-0.05, 0) is 43.3 Å². The van der Waals surface area contributed by atoms with Crippen LogP contribution < -0.4 is 19.8 Å². The molecule has 0 radical (unpaired) electrons. The van der Waals surface area contributed by atoms with Crippen LogP contribution in [0.1, 0.15) is 33.4 Å². The van der Waals surface area contributed by atoms with Gasteiger partial charge < -0.3 is 13.9 Å². The fourth-order valence-corrected chi connectivity index (χ4v) is 5.13. The van der Waals surface area contributed by atoms with E-state index in [1.54, 1.807) is 50.6 Å². The van der Waals surface area contributed by atoms with E-state index in [0.717, 1.165) is 10.2 Å². The van der Waals surface area contributed by atoms with E-state index in [0.29, 0.717) is 33.2 Å². The number of carbonyl (C=O) groups excluding carboxylic acids is 1. The highest BCUT2D eigenvalue weighted by molar-refractivity contribution is 9.10. The summed E-state index contributed by atoms with van der Waals surface area (Å²) in [6.07, 6.45) is 0. The summed E-state index contributed by atoms with van der Waals surface area (Å²) in [5, 5.41) is 2.71. The van der Waals surface area contributed by atoms with Crippen molar-refractivity contribution in [1.29, 1.82) is 0 Å². The molecular formula is C23H17BrN2O5S. The molecule has 7 nitrogen and oxygen atoms in total. The number of fused-ring (bicyclic) bond motifs is 2. The molecule has 162 valence electrons. The summed E-state index contributed by atoms with van der Waals surface area (Å²) in [7, 11) is 3.10. The number of hydrogen-bond donors (Lipinski definition) is 0. The Bertz CT molecular complexity index is 1440. The summed E-state index contributed by atoms with van der Waals surface area (Å²) in [6, 6.07) is 9.63. The number of methoxy groups -OCH3 is 2. The van der Waals surface area contributed by atoms with Crippen LogP contribution in [-0.4, -0.2) is 25.1 Å². The quantitative estimate of drug-likeness (QED) is 0.378. The molecule has 1 atom stereocenters. The second kappa shape index (κ2) is 7.75. The molecule has 32 heavy (non-hydrogen) atoms. The van der Waals surface area contributed by atoms with Crippen LogP contribution in [0, 0.1) is 6.92 Å². The molecule has 0 N–H and O–H groups in total. The van der Waals surface area contributed by atoms with Crippen LogP contribution in [0.3, 0.4) is 0 Å². The molecule has 2 aromatic heterocycles. The topological polar surface area (TPSA) is 81.9 Å². The summed E-state index contributed by atoms with van der Waals surface area (Å²) in [4.78, 5) is 33.3. The molecule has 5 rings (SSSR count). The van der Waals surface area contributed by atoms with Gasteiger partial charge in [-0.1, -0.05) is 15.9 Å². The third-order valence-electron chi connectivity index (χ3n) is 5.38. The number of thiazole rings is 1. The van der Waals surface area contributed by atoms with Crippen molar-refractivity contribution in [2.45, 2.75) is 13.0 Å². The number of benzene rings is 2. The number of amides is 1. The van der Waals surface area contributed by atoms with E-state index in [-0.39, 0.29) is 16.8 Å². The Morgan fingerprint density at radius 3 is 2.62 bits per heavy atom. The SMILES string of the molecule is COc1ccc(OC)c(C2c3c(oc4ccc(Br)cc4c3=O)C(=O)N2c2nc(C)cs2)c1. The van der Waals surface area contributed by atoms with Gasteiger partial charge in [0.2, 0.25) is 5.76 Å². The monoisotopic (exact) mass is 512 g/mol. The molecular weight excluding hydrogens is 496 g/mol. The number of aromatic nitrogens is 1. The van der Waals surface area contributed by atoms with Gasteiger partial charge in [0.05, 0.1) is 30.9 Å². The number of ether oxygens (including phenoxy) is 2. The molecule has 0 spiro atoms. The van der Waals surface area contributed by atoms with Crippen molar-refractivity contribution in [3.8, 4) is 11.5 Å². The highest BCUT2D eigenvalue weighted by Crippen LogP contribution is 2.45. The average molecular weight is 513 g/mol. The standard InChI is InChI=1S/C23H17BrN2O5S/c1-11-10-32-23(25-11)26-19(14-9-13(29-2)5-7-16(14)30-3)18-20(27)15-8-12(24)4-6-17(15)31-21(18)22(26)28/h4-10,19H,1-3H3. The van der Waals surface area contributed by atoms with Gasteiger partial charge in [-0.15, -0.1) is 11.3 Å². The molecule has 0 fully saturated rings. The van der Waals surface area contributed by atoms with E-state index >= 15 is 0 Å². The lowest BCUT2D eigenvalue weighted by molar-refractivity contribution is 0.0970. The zero-order chi connectivity index (χ0) is 22.6. The van der Waals surface area contributed by atoms with Crippen molar-refractivity contribution >= 4 is 49.3 Å². The Kier molecular flexibility index (Phi) is 5.02. The van der Waals surface area contributed by atoms with Crippen LogP contribution in [0.4, 0.5) is 5.13 Å². The van der Waals surface area contributed by atoms with Gasteiger partial charge in [-0.3, -0.25) is 14.5 Å². The van der Waals surface area contributed by atoms with Crippen molar-refractivity contribution in [3.63, 3.8) is 0 Å². The van der Waals surface area contributed by atoms with Crippen molar-refractivity contribution in [3.05, 3.63) is 79.1 Å². The maximum Gasteiger partial charge on any atom is 0.297 e. The zero-order valence-electron chi connectivity index (χ0n) is 17.3. The fourth-order valence-electron chi connectivity index (χ4n) is 3.94. The second-order valence-corrected chi connectivity index (χ2v) is 9.02. The minimum Gasteiger partial charge on any atom is -0.497 e. The van der Waals surface area contributed by atoms with Gasteiger partial charge in [-0.25, -0.2) is 4.98 Å². The van der Waals surface area contributed by atoms with Crippen LogP contribution in [0.5, 0.6) is 11.5 Å². The van der Waals surface area contributed by atoms with Gasteiger partial charge in [0.1, 0.15) is 23.1 Å². The minimum atomic E-state index is -0.785. The molecule has 1 aliphatic rings. The van der Waals surface area contributed by atoms with E-state index in [9.17, 15) is 9.59 Å². The van der Waals surface area contributed by atoms with E-state index in [2.05, 4.69) is 20.9 Å². The minimum absolute atomic E-state index is 0.00699. The maximum absolute atomic E-state index is 13.7. The van der Waals surface area contributed by atoms with Crippen LogP contribution in [-0.2, 0) is 0 Å². The predicted octanol–water partition coefficient (Wildman–Crippen LogP) is 5.09. The zero-order valence-corrected chi connectivity index (χ0v) is 19.7. The van der Waals surface area contributed by atoms with Crippen LogP contribution >= 0.6 is 27.3 Å². The number of carbonyl (C=O) groups is 1. The van der Waals surface area contributed by atoms with Gasteiger partial charge in [0.15, 0.2) is 10.6 Å². The van der Waals surface area contributed by atoms with Crippen LogP contribution in [0.2, 0.25) is 0 Å². The first-order valence-corrected chi connectivity index (χ1v) is 11.3. The lowest BCUT2D eigenvalue weighted by Crippen LogP contribution is -2.29. The lowest BCUT2D eigenvalue weighted by atomic mass is 9.97. The lowest BCUT2D eigenvalue weighted by Gasteiger charge is -2.24. The Balaban J connectivity index is 1.86. The van der Waals surface area contributed by atoms with Crippen LogP contribution in [0.25, 0.3) is 11.0 Å². The van der Waals surface area contributed by atoms with E-state index < -0.39 is 11.9 Å². The summed E-state index contributed by atoms with van der Waals surface area (Å²) < 4.78 is 17.7. The molecule has 0 saturated heterocycles. The smallest absolute Gasteiger partial charge is 0.297 e. The Morgan fingerprint density at radius 1 is 1.12 bits per heavy atom. The van der Waals surface area contributed by atoms with Gasteiger partial charge in [-0.2, -0.15) is 0 Å². The fraction of sp³-hybridized carbons (Fsp3) is 0.174. The first kappa shape index (κ1) is 20.7. The molecule has 4 aromatic rings. The van der Waals surface area contributed by atoms with Gasteiger partial charge in [0, 0.05) is 15.4 Å². The predicted molar refractivity (Wildman–Crippen MR) is 125 cm³/mol. The first-order valence-electron chi connectivity index (χ1n) is 9.66. The van der Waals surface area contributed by atoms with Crippen molar-refractivity contribution in [2.24, 2.45) is 0 Å². The number of hydrogen-bond acceptors (Lipinski definition) is 7. The molecule has 9 heteroatoms. The molecule has 0 aliphatic carbocycles. The molecule has 1 amide bonds. The number of anilines is 1. The highest BCUT2D eigenvalue weighted by Gasteiger charge is 2.46. The average Bonchev–Trinajstić information content (AvgIpc) is 3.34. The van der Waals surface area contributed by atoms with Crippen LogP contribution in [0.15, 0.2) is 55.5 Å². The third kappa shape index (κ3) is 3.11. The summed E-state index contributed by atoms with van der Waals surface area (Å²) >= 11 is 4.74. The Hall–Kier alpha value is -3.17. The van der Waals surface area contributed by atoms with Crippen molar-refractivity contribution in [1.82, 2.24) is 4.98 Å². The first-order chi connectivity index (χ1) is 15.4. The molecule has 0 saturated carbocycles. The summed E-state index contributed by atoms with van der Waals surface area (Å²) in [5.41, 5.74) is 1.70. The van der Waals surface area contributed by atoms with Crippen molar-refractivity contribution < 1.29 is 18.7 Å². The molecule has 1 unspecified atom stereocenters. The third-order valence-corrected chi connectivity index (χ3v) is 6.83. The number of rotatable bonds is 4. The molecule has 3 heterocycles. The molecule has 0 bridgehead atoms. The van der Waals surface area contributed by atoms with E-state index in [1.165, 1.54) is 16.2 Å². The maximum atomic E-state index is 13.7. The molecule has 2 aromatic carbocycles. The van der Waals surface area contributed by atoms with E-state index in [4.69, 9.17) is 13.9 Å². The summed E-state index contributed by atoms with van der Waals surface area (Å²) in [6.45, 7) is 1.85. The van der Waals surface area contributed by atoms with E-state index in [1.807, 2.05) is 12.3 Å². The number of aryl methyl sites for hydroxylation is 1. The van der Waals surface area contributed by atoms with Gasteiger partial charge in [0.25, 0.3) is 5.91 Å². The largest absolute Gasteiger partial charge is 0.497 e. The number of halogens is 1. The normalized spacial score (nSPS) is 15.3. The second-order valence-electron chi connectivity index (χ2n) is 7.27. The summed E-state index contributed by atoms with van der Waals surface area (Å²) in [5.74, 6) is 0.673. The number of nitrogens with zero attached hydrogens (tertiary/aromatic N) is 2. The molecule has 1 aliphatic heterocycles. The Morgan fingerprint density at radius 2 is 1.94 bits per heavy atom. The van der Waals surface area contributed by atoms with Crippen molar-refractivity contribution in [2.75, 3.05) is 19.1 Å².